The van der Waals surface area contributed by atoms with Crippen LogP contribution in [0.5, 0.6) is 0 Å². The van der Waals surface area contributed by atoms with E-state index in [1.165, 1.54) is 6.42 Å². The summed E-state index contributed by atoms with van der Waals surface area (Å²) in [6, 6.07) is 0. The topological polar surface area (TPSA) is 9.23 Å². The minimum atomic E-state index is 0.862. The Bertz CT molecular complexity index is 64.3. The molecule has 0 bridgehead atoms. The molecule has 0 N–H and O–H groups in total. The van der Waals surface area contributed by atoms with Crippen molar-refractivity contribution in [1.29, 1.82) is 0 Å². The van der Waals surface area contributed by atoms with E-state index in [-0.39, 0.29) is 0 Å². The Balaban J connectivity index is 2.72. The summed E-state index contributed by atoms with van der Waals surface area (Å²) in [7, 11) is 3.68. The Hall–Kier alpha value is -0.00519. The fraction of sp³-hybridized carbons (Fsp3) is 1.00. The zero-order chi connectivity index (χ0) is 6.24. The van der Waals surface area contributed by atoms with E-state index in [0.717, 1.165) is 13.0 Å². The van der Waals surface area contributed by atoms with Crippen molar-refractivity contribution in [2.75, 3.05) is 6.61 Å². The molecule has 0 aliphatic carbocycles. The summed E-state index contributed by atoms with van der Waals surface area (Å²) < 4.78 is 5.04. The van der Waals surface area contributed by atoms with Crippen LogP contribution in [-0.4, -0.2) is 28.0 Å². The Morgan fingerprint density at radius 1 is 1.62 bits per heavy atom. The molecule has 0 aromatic heterocycles. The molecule has 0 aliphatic rings. The number of unbranched alkanes of at least 4 members (excludes halogenated alkanes) is 1. The van der Waals surface area contributed by atoms with Gasteiger partial charge in [-0.15, -0.1) is 0 Å². The molecule has 0 saturated carbocycles. The van der Waals surface area contributed by atoms with Crippen molar-refractivity contribution in [1.82, 2.24) is 0 Å². The minimum absolute atomic E-state index is 0.862. The molecule has 0 aromatic rings. The monoisotopic (exact) mass is 108 g/mol. The first kappa shape index (κ1) is 7.99. The molecule has 0 radical (unpaired) electrons. The van der Waals surface area contributed by atoms with Crippen LogP contribution in [0.25, 0.3) is 0 Å². The van der Waals surface area contributed by atoms with Gasteiger partial charge < -0.3 is 0 Å². The van der Waals surface area contributed by atoms with Gasteiger partial charge >= 0.3 is 52.5 Å². The summed E-state index contributed by atoms with van der Waals surface area (Å²) in [4.78, 5) is 0. The molecule has 0 fully saturated rings. The third-order valence-electron chi connectivity index (χ3n) is 0.848. The van der Waals surface area contributed by atoms with Gasteiger partial charge in [0.05, 0.1) is 0 Å². The molecule has 0 heterocycles. The maximum absolute atomic E-state index is 5.04. The van der Waals surface area contributed by atoms with Gasteiger partial charge in [0, 0.05) is 0 Å². The van der Waals surface area contributed by atoms with Crippen LogP contribution < -0.4 is 0 Å². The molecule has 0 aliphatic heterocycles. The van der Waals surface area contributed by atoms with Crippen LogP contribution >= 0.6 is 0 Å². The molecular weight excluding hydrogens is 96.5 g/mol. The van der Waals surface area contributed by atoms with Gasteiger partial charge in [0.15, 0.2) is 0 Å². The average Bonchev–Trinajstić information content (AvgIpc) is 1.81. The van der Waals surface area contributed by atoms with Crippen LogP contribution in [0.15, 0.2) is 0 Å². The Morgan fingerprint density at radius 2 is 2.38 bits per heavy atom. The van der Waals surface area contributed by atoms with E-state index in [0.29, 0.717) is 0 Å². The molecule has 42 valence electrons. The Labute approximate surface area is 53.3 Å². The van der Waals surface area contributed by atoms with E-state index in [4.69, 9.17) is 4.65 Å². The number of rotatable bonds is 4. The van der Waals surface area contributed by atoms with Crippen molar-refractivity contribution in [2.45, 2.75) is 19.8 Å². The summed E-state index contributed by atoms with van der Waals surface area (Å²) in [5, 5.41) is 0. The fourth-order valence-electron chi connectivity index (χ4n) is 0.392. The van der Waals surface area contributed by atoms with Crippen molar-refractivity contribution in [3.05, 3.63) is 0 Å². The molecule has 8 heavy (non-hydrogen) atoms. The van der Waals surface area contributed by atoms with Crippen molar-refractivity contribution >= 4 is 21.4 Å². The molecule has 0 spiro atoms. The first-order chi connectivity index (χ1) is 3.91. The molecule has 0 atom stereocenters. The first-order valence-corrected chi connectivity index (χ1v) is 3.14. The van der Waals surface area contributed by atoms with Gasteiger partial charge in [-0.05, 0) is 0 Å². The number of hydrogen-bond donors (Lipinski definition) is 0. The van der Waals surface area contributed by atoms with E-state index < -0.39 is 0 Å². The molecule has 0 rings (SSSR count). The molecule has 0 unspecified atom stereocenters. The van der Waals surface area contributed by atoms with Crippen LogP contribution in [0.1, 0.15) is 19.8 Å². The summed E-state index contributed by atoms with van der Waals surface area (Å²) in [6.45, 7) is 4.91. The molecule has 4 heteroatoms. The first-order valence-electron chi connectivity index (χ1n) is 3.14. The molecule has 1 nitrogen and oxygen atoms in total. The normalized spacial score (nSPS) is 8.12. The van der Waals surface area contributed by atoms with Gasteiger partial charge in [-0.3, -0.25) is 0 Å². The van der Waals surface area contributed by atoms with Gasteiger partial charge in [0.2, 0.25) is 0 Å². The SMILES string of the molecule is BB=BOCCCC. The fourth-order valence-corrected chi connectivity index (χ4v) is 0.392. The van der Waals surface area contributed by atoms with E-state index in [9.17, 15) is 0 Å². The van der Waals surface area contributed by atoms with Gasteiger partial charge in [-0.1, -0.05) is 0 Å². The second-order valence-corrected chi connectivity index (χ2v) is 1.69. The quantitative estimate of drug-likeness (QED) is 0.351. The van der Waals surface area contributed by atoms with Gasteiger partial charge in [-0.25, -0.2) is 0 Å². The zero-order valence-electron chi connectivity index (χ0n) is 5.68. The third kappa shape index (κ3) is 5.99. The zero-order valence-corrected chi connectivity index (χ0v) is 5.68. The molecule has 0 amide bonds. The Kier molecular flexibility index (Phi) is 6.99. The summed E-state index contributed by atoms with van der Waals surface area (Å²) >= 11 is 0. The van der Waals surface area contributed by atoms with E-state index in [1.54, 1.807) is 7.00 Å². The van der Waals surface area contributed by atoms with Gasteiger partial charge in [0.25, 0.3) is 0 Å². The predicted octanol–water partition coefficient (Wildman–Crippen LogP) is -0.410. The standard InChI is InChI=1S/C4H11B3O/c1-2-3-4-8-7-6-5/h2-5H2,1H3. The van der Waals surface area contributed by atoms with Crippen LogP contribution in [0.4, 0.5) is 0 Å². The van der Waals surface area contributed by atoms with E-state index in [2.05, 4.69) is 6.92 Å². The van der Waals surface area contributed by atoms with Crippen LogP contribution in [0, 0.1) is 0 Å². The second-order valence-electron chi connectivity index (χ2n) is 1.69. The molecular formula is C4H11B3O. The van der Waals surface area contributed by atoms with Crippen LogP contribution in [0.2, 0.25) is 0 Å². The predicted molar refractivity (Wildman–Crippen MR) is 40.9 cm³/mol. The van der Waals surface area contributed by atoms with Crippen molar-refractivity contribution in [3.63, 3.8) is 0 Å². The summed E-state index contributed by atoms with van der Waals surface area (Å²) in [5.41, 5.74) is 0. The molecule has 0 aromatic carbocycles. The van der Waals surface area contributed by atoms with Crippen molar-refractivity contribution in [2.24, 2.45) is 0 Å². The summed E-state index contributed by atoms with van der Waals surface area (Å²) in [6.07, 6.45) is 2.36. The maximum atomic E-state index is 5.04. The van der Waals surface area contributed by atoms with Crippen LogP contribution in [0.3, 0.4) is 0 Å². The molecule has 0 saturated heterocycles. The summed E-state index contributed by atoms with van der Waals surface area (Å²) in [5.74, 6) is 0. The van der Waals surface area contributed by atoms with Crippen molar-refractivity contribution in [3.8, 4) is 0 Å². The Morgan fingerprint density at radius 3 is 2.88 bits per heavy atom. The average molecular weight is 108 g/mol. The van der Waals surface area contributed by atoms with E-state index >= 15 is 0 Å². The van der Waals surface area contributed by atoms with Crippen molar-refractivity contribution < 1.29 is 4.65 Å². The van der Waals surface area contributed by atoms with Gasteiger partial charge in [-0.2, -0.15) is 0 Å². The van der Waals surface area contributed by atoms with Gasteiger partial charge in [0.1, 0.15) is 0 Å². The van der Waals surface area contributed by atoms with E-state index in [1.807, 2.05) is 14.4 Å². The number of hydrogen-bond acceptors (Lipinski definition) is 1. The van der Waals surface area contributed by atoms with Crippen LogP contribution in [-0.2, 0) is 4.65 Å². The second kappa shape index (κ2) is 6.99. The third-order valence-corrected chi connectivity index (χ3v) is 0.848.